The lowest BCUT2D eigenvalue weighted by atomic mass is 10.2. The molecule has 0 fully saturated rings. The highest BCUT2D eigenvalue weighted by atomic mass is 32.2. The van der Waals surface area contributed by atoms with Gasteiger partial charge in [0.1, 0.15) is 0 Å². The molecule has 0 rings (SSSR count). The average Bonchev–Trinajstić information content (AvgIpc) is 2.25. The standard InChI is InChI=1S/C12H26N2O3S/c1-10(2)9-14-12(15)5-6-13-7-8-18(16,17)11(3)4/h10-11,13H,5-9H2,1-4H3,(H,14,15). The van der Waals surface area contributed by atoms with E-state index in [4.69, 9.17) is 0 Å². The molecule has 5 nitrogen and oxygen atoms in total. The van der Waals surface area contributed by atoms with Crippen molar-refractivity contribution in [2.24, 2.45) is 5.92 Å². The SMILES string of the molecule is CC(C)CNC(=O)CCNCCS(=O)(=O)C(C)C. The minimum absolute atomic E-state index is 0.00270. The van der Waals surface area contributed by atoms with Crippen molar-refractivity contribution >= 4 is 15.7 Å². The molecule has 0 bridgehead atoms. The third-order valence-electron chi connectivity index (χ3n) is 2.52. The second kappa shape index (κ2) is 8.48. The summed E-state index contributed by atoms with van der Waals surface area (Å²) in [5.41, 5.74) is 0. The summed E-state index contributed by atoms with van der Waals surface area (Å²) in [5.74, 6) is 0.569. The zero-order valence-corrected chi connectivity index (χ0v) is 12.6. The van der Waals surface area contributed by atoms with Crippen molar-refractivity contribution in [2.45, 2.75) is 39.4 Å². The molecule has 6 heteroatoms. The normalized spacial score (nSPS) is 12.1. The summed E-state index contributed by atoms with van der Waals surface area (Å²) in [6, 6.07) is 0. The fraction of sp³-hybridized carbons (Fsp3) is 0.917. The monoisotopic (exact) mass is 278 g/mol. The largest absolute Gasteiger partial charge is 0.356 e. The highest BCUT2D eigenvalue weighted by Crippen LogP contribution is 1.98. The van der Waals surface area contributed by atoms with Gasteiger partial charge in [-0.3, -0.25) is 4.79 Å². The summed E-state index contributed by atoms with van der Waals surface area (Å²) < 4.78 is 23.0. The van der Waals surface area contributed by atoms with Crippen LogP contribution in [0.2, 0.25) is 0 Å². The molecule has 0 aromatic heterocycles. The Morgan fingerprint density at radius 3 is 2.22 bits per heavy atom. The van der Waals surface area contributed by atoms with Crippen LogP contribution in [0, 0.1) is 5.92 Å². The van der Waals surface area contributed by atoms with Gasteiger partial charge in [-0.15, -0.1) is 0 Å². The Bertz CT molecular complexity index is 337. The van der Waals surface area contributed by atoms with Gasteiger partial charge < -0.3 is 10.6 Å². The molecule has 0 saturated heterocycles. The third kappa shape index (κ3) is 8.47. The van der Waals surface area contributed by atoms with Crippen LogP contribution in [-0.2, 0) is 14.6 Å². The Kier molecular flexibility index (Phi) is 8.18. The number of nitrogens with one attached hydrogen (secondary N) is 2. The van der Waals surface area contributed by atoms with Crippen molar-refractivity contribution in [2.75, 3.05) is 25.4 Å². The minimum atomic E-state index is -2.98. The molecule has 1 amide bonds. The first kappa shape index (κ1) is 17.4. The van der Waals surface area contributed by atoms with E-state index in [0.29, 0.717) is 32.0 Å². The maximum absolute atomic E-state index is 11.5. The highest BCUT2D eigenvalue weighted by molar-refractivity contribution is 7.92. The summed E-state index contributed by atoms with van der Waals surface area (Å²) in [6.45, 7) is 9.02. The molecular weight excluding hydrogens is 252 g/mol. The van der Waals surface area contributed by atoms with Gasteiger partial charge in [0.05, 0.1) is 11.0 Å². The Balaban J connectivity index is 3.60. The van der Waals surface area contributed by atoms with Crippen LogP contribution in [0.4, 0.5) is 0 Å². The number of amides is 1. The van der Waals surface area contributed by atoms with E-state index in [0.717, 1.165) is 0 Å². The summed E-state index contributed by atoms with van der Waals surface area (Å²) in [4.78, 5) is 11.3. The Hall–Kier alpha value is -0.620. The molecule has 0 atom stereocenters. The summed E-state index contributed by atoms with van der Waals surface area (Å²) in [7, 11) is -2.98. The molecule has 0 aliphatic heterocycles. The van der Waals surface area contributed by atoms with Crippen LogP contribution in [0.25, 0.3) is 0 Å². The van der Waals surface area contributed by atoms with Gasteiger partial charge in [-0.05, 0) is 19.8 Å². The highest BCUT2D eigenvalue weighted by Gasteiger charge is 2.14. The van der Waals surface area contributed by atoms with E-state index in [2.05, 4.69) is 10.6 Å². The summed E-state index contributed by atoms with van der Waals surface area (Å²) in [5, 5.41) is 5.45. The smallest absolute Gasteiger partial charge is 0.221 e. The van der Waals surface area contributed by atoms with Crippen LogP contribution >= 0.6 is 0 Å². The lowest BCUT2D eigenvalue weighted by Gasteiger charge is -2.09. The van der Waals surface area contributed by atoms with Gasteiger partial charge in [0.25, 0.3) is 0 Å². The van der Waals surface area contributed by atoms with Gasteiger partial charge in [-0.1, -0.05) is 13.8 Å². The first-order valence-corrected chi connectivity index (χ1v) is 8.16. The second-order valence-corrected chi connectivity index (χ2v) is 7.79. The molecule has 0 spiro atoms. The predicted octanol–water partition coefficient (Wildman–Crippen LogP) is 0.562. The molecule has 0 saturated carbocycles. The molecule has 18 heavy (non-hydrogen) atoms. The topological polar surface area (TPSA) is 75.3 Å². The Morgan fingerprint density at radius 1 is 1.11 bits per heavy atom. The van der Waals surface area contributed by atoms with Gasteiger partial charge >= 0.3 is 0 Å². The number of rotatable bonds is 9. The van der Waals surface area contributed by atoms with Crippen molar-refractivity contribution in [3.8, 4) is 0 Å². The maximum Gasteiger partial charge on any atom is 0.221 e. The van der Waals surface area contributed by atoms with E-state index in [-0.39, 0.29) is 16.9 Å². The van der Waals surface area contributed by atoms with Crippen molar-refractivity contribution in [1.29, 1.82) is 0 Å². The number of carbonyl (C=O) groups excluding carboxylic acids is 1. The Morgan fingerprint density at radius 2 is 1.72 bits per heavy atom. The van der Waals surface area contributed by atoms with E-state index < -0.39 is 9.84 Å². The summed E-state index contributed by atoms with van der Waals surface area (Å²) in [6.07, 6.45) is 0.383. The molecule has 0 unspecified atom stereocenters. The van der Waals surface area contributed by atoms with E-state index in [9.17, 15) is 13.2 Å². The molecule has 0 aromatic rings. The molecule has 0 aliphatic carbocycles. The van der Waals surface area contributed by atoms with Crippen LogP contribution in [0.5, 0.6) is 0 Å². The number of carbonyl (C=O) groups is 1. The van der Waals surface area contributed by atoms with E-state index in [1.807, 2.05) is 13.8 Å². The first-order valence-electron chi connectivity index (χ1n) is 6.44. The number of hydrogen-bond acceptors (Lipinski definition) is 4. The summed E-state index contributed by atoms with van der Waals surface area (Å²) >= 11 is 0. The molecule has 0 aromatic carbocycles. The van der Waals surface area contributed by atoms with E-state index in [1.54, 1.807) is 13.8 Å². The maximum atomic E-state index is 11.5. The van der Waals surface area contributed by atoms with Gasteiger partial charge in [0, 0.05) is 26.1 Å². The van der Waals surface area contributed by atoms with Gasteiger partial charge in [-0.25, -0.2) is 8.42 Å². The lowest BCUT2D eigenvalue weighted by Crippen LogP contribution is -2.32. The van der Waals surface area contributed by atoms with Gasteiger partial charge in [-0.2, -0.15) is 0 Å². The third-order valence-corrected chi connectivity index (χ3v) is 4.73. The Labute approximate surface area is 111 Å². The molecule has 0 heterocycles. The zero-order valence-electron chi connectivity index (χ0n) is 11.8. The van der Waals surface area contributed by atoms with Crippen LogP contribution in [-0.4, -0.2) is 45.0 Å². The predicted molar refractivity (Wildman–Crippen MR) is 74.3 cm³/mol. The quantitative estimate of drug-likeness (QED) is 0.604. The number of sulfone groups is 1. The zero-order chi connectivity index (χ0) is 14.2. The van der Waals surface area contributed by atoms with Crippen LogP contribution in [0.3, 0.4) is 0 Å². The van der Waals surface area contributed by atoms with Crippen LogP contribution in [0.15, 0.2) is 0 Å². The van der Waals surface area contributed by atoms with Crippen molar-refractivity contribution in [3.63, 3.8) is 0 Å². The number of hydrogen-bond donors (Lipinski definition) is 2. The molecular formula is C12H26N2O3S. The average molecular weight is 278 g/mol. The second-order valence-electron chi connectivity index (χ2n) is 5.11. The van der Waals surface area contributed by atoms with Crippen LogP contribution in [0.1, 0.15) is 34.1 Å². The van der Waals surface area contributed by atoms with Gasteiger partial charge in [0.2, 0.25) is 5.91 Å². The fourth-order valence-corrected chi connectivity index (χ4v) is 2.08. The fourth-order valence-electron chi connectivity index (χ4n) is 1.18. The van der Waals surface area contributed by atoms with Crippen molar-refractivity contribution in [3.05, 3.63) is 0 Å². The van der Waals surface area contributed by atoms with Crippen molar-refractivity contribution in [1.82, 2.24) is 10.6 Å². The van der Waals surface area contributed by atoms with E-state index in [1.165, 1.54) is 0 Å². The van der Waals surface area contributed by atoms with Crippen LogP contribution < -0.4 is 10.6 Å². The van der Waals surface area contributed by atoms with Crippen molar-refractivity contribution < 1.29 is 13.2 Å². The molecule has 0 aliphatic rings. The minimum Gasteiger partial charge on any atom is -0.356 e. The van der Waals surface area contributed by atoms with E-state index >= 15 is 0 Å². The van der Waals surface area contributed by atoms with Gasteiger partial charge in [0.15, 0.2) is 9.84 Å². The lowest BCUT2D eigenvalue weighted by molar-refractivity contribution is -0.121. The molecule has 2 N–H and O–H groups in total. The first-order chi connectivity index (χ1) is 8.25. The molecule has 108 valence electrons. The molecule has 0 radical (unpaired) electrons.